The zero-order chi connectivity index (χ0) is 16.3. The highest BCUT2D eigenvalue weighted by Gasteiger charge is 2.46. The van der Waals surface area contributed by atoms with E-state index < -0.39 is 6.10 Å². The van der Waals surface area contributed by atoms with E-state index in [1.54, 1.807) is 0 Å². The molecule has 0 aliphatic heterocycles. The highest BCUT2D eigenvalue weighted by molar-refractivity contribution is 5.81. The number of Topliss-reactive ketones (excluding diaryl/α,β-unsaturated/α-hetero) is 1. The van der Waals surface area contributed by atoms with Crippen LogP contribution in [0.2, 0.25) is 0 Å². The van der Waals surface area contributed by atoms with Gasteiger partial charge >= 0.3 is 0 Å². The van der Waals surface area contributed by atoms with Gasteiger partial charge in [0.05, 0.1) is 12.2 Å². The number of unbranched alkanes of at least 4 members (excludes halogenated alkanes) is 1. The Balaban J connectivity index is 1.95. The predicted octanol–water partition coefficient (Wildman–Crippen LogP) is 3.26. The summed E-state index contributed by atoms with van der Waals surface area (Å²) >= 11 is 0. The minimum Gasteiger partial charge on any atom is -0.392 e. The third kappa shape index (κ3) is 3.88. The third-order valence-electron chi connectivity index (χ3n) is 5.59. The van der Waals surface area contributed by atoms with Gasteiger partial charge in [-0.25, -0.2) is 0 Å². The van der Waals surface area contributed by atoms with E-state index in [-0.39, 0.29) is 23.4 Å². The largest absolute Gasteiger partial charge is 0.392 e. The molecule has 0 aromatic carbocycles. The molecule has 0 bridgehead atoms. The van der Waals surface area contributed by atoms with Crippen LogP contribution in [-0.4, -0.2) is 28.2 Å². The van der Waals surface area contributed by atoms with E-state index in [0.29, 0.717) is 24.5 Å². The number of hydrogen-bond donors (Lipinski definition) is 2. The molecule has 0 aromatic rings. The van der Waals surface area contributed by atoms with Crippen molar-refractivity contribution in [2.24, 2.45) is 23.2 Å². The normalized spacial score (nSPS) is 33.4. The Hall–Kier alpha value is -0.930. The maximum atomic E-state index is 11.6. The minimum absolute atomic E-state index is 0.0232. The summed E-state index contributed by atoms with van der Waals surface area (Å²) in [5.74, 6) is 0.963. The molecule has 3 nitrogen and oxygen atoms in total. The molecule has 22 heavy (non-hydrogen) atoms. The van der Waals surface area contributed by atoms with E-state index in [1.165, 1.54) is 0 Å². The molecule has 2 aliphatic rings. The van der Waals surface area contributed by atoms with Gasteiger partial charge in [0.1, 0.15) is 5.78 Å². The summed E-state index contributed by atoms with van der Waals surface area (Å²) in [6.45, 7) is 7.86. The number of carbonyl (C=O) groups excluding carboxylic acids is 1. The lowest BCUT2D eigenvalue weighted by Gasteiger charge is -2.29. The monoisotopic (exact) mass is 306 g/mol. The number of allylic oxidation sites excluding steroid dienone is 1. The lowest BCUT2D eigenvalue weighted by molar-refractivity contribution is -0.118. The van der Waals surface area contributed by atoms with Crippen molar-refractivity contribution in [1.29, 1.82) is 0 Å². The maximum Gasteiger partial charge on any atom is 0.133 e. The van der Waals surface area contributed by atoms with Crippen molar-refractivity contribution >= 4 is 5.78 Å². The predicted molar refractivity (Wildman–Crippen MR) is 88.3 cm³/mol. The molecule has 0 radical (unpaired) electrons. The van der Waals surface area contributed by atoms with E-state index in [9.17, 15) is 15.0 Å². The van der Waals surface area contributed by atoms with Crippen molar-refractivity contribution in [3.8, 4) is 0 Å². The average Bonchev–Trinajstić information content (AvgIpc) is 2.91. The van der Waals surface area contributed by atoms with Crippen molar-refractivity contribution in [2.75, 3.05) is 0 Å². The topological polar surface area (TPSA) is 57.5 Å². The van der Waals surface area contributed by atoms with Gasteiger partial charge in [-0.2, -0.15) is 0 Å². The van der Waals surface area contributed by atoms with Gasteiger partial charge in [0, 0.05) is 18.8 Å². The van der Waals surface area contributed by atoms with Crippen molar-refractivity contribution in [3.05, 3.63) is 24.8 Å². The molecule has 2 fully saturated rings. The second-order valence-corrected chi connectivity index (χ2v) is 7.75. The van der Waals surface area contributed by atoms with E-state index >= 15 is 0 Å². The molecule has 2 N–H and O–H groups in total. The second-order valence-electron chi connectivity index (χ2n) is 7.75. The van der Waals surface area contributed by atoms with Crippen LogP contribution in [0.5, 0.6) is 0 Å². The maximum absolute atomic E-state index is 11.6. The van der Waals surface area contributed by atoms with E-state index in [2.05, 4.69) is 20.4 Å². The molecule has 2 rings (SSSR count). The summed E-state index contributed by atoms with van der Waals surface area (Å²) in [5, 5.41) is 20.7. The summed E-state index contributed by atoms with van der Waals surface area (Å²) in [6, 6.07) is 0. The molecule has 0 spiro atoms. The van der Waals surface area contributed by atoms with Crippen molar-refractivity contribution < 1.29 is 15.0 Å². The number of rotatable bonds is 7. The van der Waals surface area contributed by atoms with Crippen LogP contribution in [0, 0.1) is 23.2 Å². The zero-order valence-corrected chi connectivity index (χ0v) is 13.9. The fourth-order valence-electron chi connectivity index (χ4n) is 4.03. The van der Waals surface area contributed by atoms with Gasteiger partial charge in [-0.15, -0.1) is 6.58 Å². The molecule has 0 saturated heterocycles. The van der Waals surface area contributed by atoms with Crippen LogP contribution in [0.15, 0.2) is 24.8 Å². The van der Waals surface area contributed by atoms with E-state index in [4.69, 9.17) is 0 Å². The summed E-state index contributed by atoms with van der Waals surface area (Å²) < 4.78 is 0. The first-order valence-corrected chi connectivity index (χ1v) is 8.52. The van der Waals surface area contributed by atoms with Crippen molar-refractivity contribution in [3.63, 3.8) is 0 Å². The standard InChI is InChI=1S/C19H30O3/c1-4-5-6-9-19(2,3)18(22)8-7-15-16-12-14(20)10-13(16)11-17(15)21/h4,7-8,13,15-18,21-22H,1,5-6,9-12H2,2-3H3/b8-7-. The smallest absolute Gasteiger partial charge is 0.133 e. The van der Waals surface area contributed by atoms with Gasteiger partial charge in [0.15, 0.2) is 0 Å². The van der Waals surface area contributed by atoms with Gasteiger partial charge in [-0.1, -0.05) is 32.1 Å². The Morgan fingerprint density at radius 2 is 2.14 bits per heavy atom. The highest BCUT2D eigenvalue weighted by Crippen LogP contribution is 2.47. The van der Waals surface area contributed by atoms with Gasteiger partial charge in [0.2, 0.25) is 0 Å². The Morgan fingerprint density at radius 1 is 1.41 bits per heavy atom. The molecule has 5 atom stereocenters. The first kappa shape index (κ1) is 17.4. The van der Waals surface area contributed by atoms with Gasteiger partial charge in [-0.05, 0) is 42.9 Å². The average molecular weight is 306 g/mol. The molecule has 2 saturated carbocycles. The molecule has 124 valence electrons. The molecule has 0 heterocycles. The molecule has 2 aliphatic carbocycles. The Labute approximate surface area is 134 Å². The van der Waals surface area contributed by atoms with Gasteiger partial charge in [0.25, 0.3) is 0 Å². The number of aliphatic hydroxyl groups excluding tert-OH is 2. The first-order valence-electron chi connectivity index (χ1n) is 8.52. The third-order valence-corrected chi connectivity index (χ3v) is 5.59. The SMILES string of the molecule is C=CCCCC(C)(C)C(O)/C=C\C1C(O)CC2CC(=O)CC21. The van der Waals surface area contributed by atoms with Crippen LogP contribution in [0.1, 0.15) is 52.4 Å². The number of fused-ring (bicyclic) bond motifs is 1. The quantitative estimate of drug-likeness (QED) is 0.560. The summed E-state index contributed by atoms with van der Waals surface area (Å²) in [6.07, 6.45) is 9.69. The Bertz CT molecular complexity index is 438. The zero-order valence-electron chi connectivity index (χ0n) is 13.9. The van der Waals surface area contributed by atoms with Crippen LogP contribution < -0.4 is 0 Å². The molecule has 3 heteroatoms. The van der Waals surface area contributed by atoms with E-state index in [1.807, 2.05) is 18.2 Å². The summed E-state index contributed by atoms with van der Waals surface area (Å²) in [5.41, 5.74) is -0.187. The van der Waals surface area contributed by atoms with Crippen LogP contribution >= 0.6 is 0 Å². The molecular weight excluding hydrogens is 276 g/mol. The molecule has 0 amide bonds. The van der Waals surface area contributed by atoms with Crippen molar-refractivity contribution in [2.45, 2.75) is 64.6 Å². The second kappa shape index (κ2) is 7.10. The van der Waals surface area contributed by atoms with E-state index in [0.717, 1.165) is 25.7 Å². The van der Waals surface area contributed by atoms with Gasteiger partial charge < -0.3 is 10.2 Å². The highest BCUT2D eigenvalue weighted by atomic mass is 16.3. The molecule has 5 unspecified atom stereocenters. The van der Waals surface area contributed by atoms with Crippen LogP contribution in [0.4, 0.5) is 0 Å². The Kier molecular flexibility index (Phi) is 5.62. The number of hydrogen-bond acceptors (Lipinski definition) is 3. The summed E-state index contributed by atoms with van der Waals surface area (Å²) in [7, 11) is 0. The number of aliphatic hydroxyl groups is 2. The molecular formula is C19H30O3. The number of carbonyl (C=O) groups is 1. The summed E-state index contributed by atoms with van der Waals surface area (Å²) in [4.78, 5) is 11.6. The van der Waals surface area contributed by atoms with Gasteiger partial charge in [-0.3, -0.25) is 4.79 Å². The lowest BCUT2D eigenvalue weighted by Crippen LogP contribution is -2.28. The van der Waals surface area contributed by atoms with Crippen LogP contribution in [0.3, 0.4) is 0 Å². The minimum atomic E-state index is -0.527. The van der Waals surface area contributed by atoms with Crippen LogP contribution in [-0.2, 0) is 4.79 Å². The van der Waals surface area contributed by atoms with Crippen LogP contribution in [0.25, 0.3) is 0 Å². The first-order chi connectivity index (χ1) is 10.3. The Morgan fingerprint density at radius 3 is 2.82 bits per heavy atom. The molecule has 0 aromatic heterocycles. The fraction of sp³-hybridized carbons (Fsp3) is 0.737. The van der Waals surface area contributed by atoms with Crippen molar-refractivity contribution in [1.82, 2.24) is 0 Å². The number of ketones is 1. The fourth-order valence-corrected chi connectivity index (χ4v) is 4.03. The lowest BCUT2D eigenvalue weighted by atomic mass is 9.80.